The van der Waals surface area contributed by atoms with E-state index in [0.29, 0.717) is 17.4 Å². The highest BCUT2D eigenvalue weighted by atomic mass is 32.2. The first-order valence-corrected chi connectivity index (χ1v) is 7.16. The molecular formula is C10H20O2S. The Morgan fingerprint density at radius 3 is 2.31 bits per heavy atom. The molecule has 0 saturated carbocycles. The molecule has 0 spiro atoms. The molecule has 0 aromatic carbocycles. The summed E-state index contributed by atoms with van der Waals surface area (Å²) in [6.07, 6.45) is 6.89. The van der Waals surface area contributed by atoms with Crippen molar-refractivity contribution in [1.82, 2.24) is 0 Å². The van der Waals surface area contributed by atoms with Gasteiger partial charge in [-0.25, -0.2) is 8.42 Å². The van der Waals surface area contributed by atoms with Gasteiger partial charge in [0.1, 0.15) is 9.84 Å². The Balaban J connectivity index is 2.18. The van der Waals surface area contributed by atoms with Crippen molar-refractivity contribution in [2.75, 3.05) is 11.5 Å². The standard InChI is InChI=1S/C10H20O2S/c1-2-3-4-5-10-6-8-13(11,12)9-7-10/h10H,2-9H2,1H3. The summed E-state index contributed by atoms with van der Waals surface area (Å²) in [5, 5.41) is 0. The van der Waals surface area contributed by atoms with Gasteiger partial charge in [-0.1, -0.05) is 32.6 Å². The molecule has 1 aliphatic rings. The molecule has 1 saturated heterocycles. The number of sulfone groups is 1. The van der Waals surface area contributed by atoms with E-state index in [4.69, 9.17) is 0 Å². The number of hydrogen-bond donors (Lipinski definition) is 0. The van der Waals surface area contributed by atoms with Gasteiger partial charge in [0, 0.05) is 0 Å². The normalized spacial score (nSPS) is 23.2. The van der Waals surface area contributed by atoms with Gasteiger partial charge in [0.25, 0.3) is 0 Å². The van der Waals surface area contributed by atoms with E-state index in [1.165, 1.54) is 25.7 Å². The van der Waals surface area contributed by atoms with Crippen LogP contribution in [0.3, 0.4) is 0 Å². The van der Waals surface area contributed by atoms with Crippen molar-refractivity contribution in [2.45, 2.75) is 45.4 Å². The maximum atomic E-state index is 11.1. The van der Waals surface area contributed by atoms with Crippen molar-refractivity contribution in [3.05, 3.63) is 0 Å². The maximum Gasteiger partial charge on any atom is 0.150 e. The molecule has 3 heteroatoms. The SMILES string of the molecule is CCCCCC1CCS(=O)(=O)CC1. The summed E-state index contributed by atoms with van der Waals surface area (Å²) < 4.78 is 22.3. The fourth-order valence-electron chi connectivity index (χ4n) is 1.91. The topological polar surface area (TPSA) is 34.1 Å². The van der Waals surface area contributed by atoms with Gasteiger partial charge in [0.2, 0.25) is 0 Å². The quantitative estimate of drug-likeness (QED) is 0.659. The first-order valence-electron chi connectivity index (χ1n) is 5.34. The lowest BCUT2D eigenvalue weighted by molar-refractivity contribution is 0.417. The van der Waals surface area contributed by atoms with Crippen LogP contribution in [0.1, 0.15) is 45.4 Å². The largest absolute Gasteiger partial charge is 0.229 e. The van der Waals surface area contributed by atoms with E-state index >= 15 is 0 Å². The van der Waals surface area contributed by atoms with Crippen molar-refractivity contribution < 1.29 is 8.42 Å². The van der Waals surface area contributed by atoms with E-state index in [1.807, 2.05) is 0 Å². The first kappa shape index (κ1) is 11.0. The molecule has 1 heterocycles. The van der Waals surface area contributed by atoms with Gasteiger partial charge in [0.05, 0.1) is 11.5 Å². The van der Waals surface area contributed by atoms with Crippen molar-refractivity contribution >= 4 is 9.84 Å². The van der Waals surface area contributed by atoms with E-state index < -0.39 is 9.84 Å². The third-order valence-electron chi connectivity index (χ3n) is 2.89. The van der Waals surface area contributed by atoms with Gasteiger partial charge in [0.15, 0.2) is 0 Å². The highest BCUT2D eigenvalue weighted by molar-refractivity contribution is 7.91. The summed E-state index contributed by atoms with van der Waals surface area (Å²) in [4.78, 5) is 0. The molecule has 0 bridgehead atoms. The fourth-order valence-corrected chi connectivity index (χ4v) is 3.50. The predicted molar refractivity (Wildman–Crippen MR) is 55.5 cm³/mol. The van der Waals surface area contributed by atoms with E-state index in [9.17, 15) is 8.42 Å². The number of rotatable bonds is 4. The fraction of sp³-hybridized carbons (Fsp3) is 1.00. The summed E-state index contributed by atoms with van der Waals surface area (Å²) in [7, 11) is -2.65. The summed E-state index contributed by atoms with van der Waals surface area (Å²) in [5.74, 6) is 1.56. The van der Waals surface area contributed by atoms with E-state index in [1.54, 1.807) is 0 Å². The highest BCUT2D eigenvalue weighted by Crippen LogP contribution is 2.23. The van der Waals surface area contributed by atoms with Gasteiger partial charge in [-0.15, -0.1) is 0 Å². The summed E-state index contributed by atoms with van der Waals surface area (Å²) in [6.45, 7) is 2.20. The third-order valence-corrected chi connectivity index (χ3v) is 4.61. The second kappa shape index (κ2) is 4.99. The Bertz CT molecular complexity index is 217. The zero-order chi connectivity index (χ0) is 9.73. The Labute approximate surface area is 81.6 Å². The zero-order valence-corrected chi connectivity index (χ0v) is 9.28. The minimum Gasteiger partial charge on any atom is -0.229 e. The van der Waals surface area contributed by atoms with Crippen LogP contribution in [0, 0.1) is 5.92 Å². The molecule has 78 valence electrons. The van der Waals surface area contributed by atoms with Gasteiger partial charge in [-0.2, -0.15) is 0 Å². The molecule has 13 heavy (non-hydrogen) atoms. The van der Waals surface area contributed by atoms with Crippen LogP contribution in [0.15, 0.2) is 0 Å². The maximum absolute atomic E-state index is 11.1. The predicted octanol–water partition coefficient (Wildman–Crippen LogP) is 2.39. The molecule has 1 rings (SSSR count). The average Bonchev–Trinajstić information content (AvgIpc) is 2.08. The van der Waals surface area contributed by atoms with Crippen LogP contribution < -0.4 is 0 Å². The summed E-state index contributed by atoms with van der Waals surface area (Å²) >= 11 is 0. The van der Waals surface area contributed by atoms with Gasteiger partial charge < -0.3 is 0 Å². The van der Waals surface area contributed by atoms with E-state index in [0.717, 1.165) is 12.8 Å². The molecule has 0 atom stereocenters. The second-order valence-corrected chi connectivity index (χ2v) is 6.39. The smallest absolute Gasteiger partial charge is 0.150 e. The van der Waals surface area contributed by atoms with E-state index in [2.05, 4.69) is 6.92 Å². The Kier molecular flexibility index (Phi) is 4.23. The van der Waals surface area contributed by atoms with Crippen molar-refractivity contribution in [3.8, 4) is 0 Å². The molecular weight excluding hydrogens is 184 g/mol. The van der Waals surface area contributed by atoms with Crippen LogP contribution in [0.4, 0.5) is 0 Å². The lowest BCUT2D eigenvalue weighted by Crippen LogP contribution is -2.23. The third kappa shape index (κ3) is 4.12. The summed E-state index contributed by atoms with van der Waals surface area (Å²) in [5.41, 5.74) is 0. The molecule has 0 radical (unpaired) electrons. The Hall–Kier alpha value is -0.0500. The lowest BCUT2D eigenvalue weighted by atomic mass is 9.96. The molecule has 2 nitrogen and oxygen atoms in total. The molecule has 0 N–H and O–H groups in total. The lowest BCUT2D eigenvalue weighted by Gasteiger charge is -2.21. The van der Waals surface area contributed by atoms with Crippen molar-refractivity contribution in [1.29, 1.82) is 0 Å². The van der Waals surface area contributed by atoms with Gasteiger partial charge >= 0.3 is 0 Å². The molecule has 0 aromatic heterocycles. The van der Waals surface area contributed by atoms with Gasteiger partial charge in [-0.3, -0.25) is 0 Å². The molecule has 0 unspecified atom stereocenters. The minimum absolute atomic E-state index is 0.434. The van der Waals surface area contributed by atoms with Crippen molar-refractivity contribution in [2.24, 2.45) is 5.92 Å². The number of unbranched alkanes of at least 4 members (excludes halogenated alkanes) is 2. The molecule has 1 aliphatic heterocycles. The van der Waals surface area contributed by atoms with Crippen LogP contribution in [0.5, 0.6) is 0 Å². The number of hydrogen-bond acceptors (Lipinski definition) is 2. The minimum atomic E-state index is -2.65. The van der Waals surface area contributed by atoms with Crippen LogP contribution in [-0.4, -0.2) is 19.9 Å². The van der Waals surface area contributed by atoms with Crippen LogP contribution in [-0.2, 0) is 9.84 Å². The second-order valence-electron chi connectivity index (χ2n) is 4.09. The van der Waals surface area contributed by atoms with Crippen molar-refractivity contribution in [3.63, 3.8) is 0 Å². The van der Waals surface area contributed by atoms with Gasteiger partial charge in [-0.05, 0) is 18.8 Å². The average molecular weight is 204 g/mol. The van der Waals surface area contributed by atoms with Crippen LogP contribution >= 0.6 is 0 Å². The first-order chi connectivity index (χ1) is 6.14. The molecule has 0 aromatic rings. The Morgan fingerprint density at radius 1 is 1.15 bits per heavy atom. The molecule has 0 amide bonds. The zero-order valence-electron chi connectivity index (χ0n) is 8.46. The molecule has 0 aliphatic carbocycles. The van der Waals surface area contributed by atoms with E-state index in [-0.39, 0.29) is 0 Å². The highest BCUT2D eigenvalue weighted by Gasteiger charge is 2.22. The molecule has 1 fully saturated rings. The summed E-state index contributed by atoms with van der Waals surface area (Å²) in [6, 6.07) is 0. The Morgan fingerprint density at radius 2 is 1.77 bits per heavy atom. The van der Waals surface area contributed by atoms with Crippen LogP contribution in [0.2, 0.25) is 0 Å². The monoisotopic (exact) mass is 204 g/mol. The van der Waals surface area contributed by atoms with Crippen LogP contribution in [0.25, 0.3) is 0 Å².